The molecule has 0 unspecified atom stereocenters. The van der Waals surface area contributed by atoms with Gasteiger partial charge < -0.3 is 9.13 Å². The lowest BCUT2D eigenvalue weighted by Crippen LogP contribution is -2.06. The first kappa shape index (κ1) is 19.2. The number of benzene rings is 1. The molecule has 0 spiro atoms. The number of nitrogens with zero attached hydrogens (tertiary/aromatic N) is 5. The molecule has 0 saturated heterocycles. The summed E-state index contributed by atoms with van der Waals surface area (Å²) in [5, 5.41) is 9.85. The van der Waals surface area contributed by atoms with Gasteiger partial charge in [-0.1, -0.05) is 30.7 Å². The second-order valence-electron chi connectivity index (χ2n) is 7.31. The van der Waals surface area contributed by atoms with Crippen LogP contribution in [0.4, 0.5) is 0 Å². The number of hydrogen-bond donors (Lipinski definition) is 0. The van der Waals surface area contributed by atoms with Gasteiger partial charge in [0.2, 0.25) is 0 Å². The van der Waals surface area contributed by atoms with Crippen LogP contribution < -0.4 is 0 Å². The summed E-state index contributed by atoms with van der Waals surface area (Å²) in [5.74, 6) is 1.07. The van der Waals surface area contributed by atoms with Crippen LogP contribution in [0.25, 0.3) is 16.9 Å². The van der Waals surface area contributed by atoms with Crippen LogP contribution in [0.5, 0.6) is 0 Å². The van der Waals surface area contributed by atoms with Crippen molar-refractivity contribution in [1.82, 2.24) is 19.1 Å². The number of aromatic nitrogens is 4. The minimum absolute atomic E-state index is 0.517. The lowest BCUT2D eigenvalue weighted by atomic mass is 10.2. The quantitative estimate of drug-likeness (QED) is 0.450. The number of fused-ring (bicyclic) bond motifs is 1. The Hall–Kier alpha value is -3.10. The van der Waals surface area contributed by atoms with E-state index >= 15 is 0 Å². The van der Waals surface area contributed by atoms with Gasteiger partial charge in [0.1, 0.15) is 23.1 Å². The topological polar surface area (TPSA) is 59.4 Å². The second kappa shape index (κ2) is 7.73. The van der Waals surface area contributed by atoms with Crippen LogP contribution >= 0.6 is 11.6 Å². The van der Waals surface area contributed by atoms with Gasteiger partial charge in [0.25, 0.3) is 0 Å². The van der Waals surface area contributed by atoms with Crippen molar-refractivity contribution >= 4 is 22.8 Å². The minimum Gasteiger partial charge on any atom is -0.308 e. The number of nitriles is 1. The molecule has 5 nitrogen and oxygen atoms in total. The normalized spacial score (nSPS) is 11.1. The number of pyridine rings is 1. The smallest absolute Gasteiger partial charge is 0.160 e. The fourth-order valence-corrected chi connectivity index (χ4v) is 3.90. The van der Waals surface area contributed by atoms with Gasteiger partial charge in [0.15, 0.2) is 5.65 Å². The van der Waals surface area contributed by atoms with Crippen molar-refractivity contribution in [3.63, 3.8) is 0 Å². The Morgan fingerprint density at radius 2 is 1.86 bits per heavy atom. The van der Waals surface area contributed by atoms with Crippen LogP contribution in [-0.2, 0) is 13.0 Å². The first-order valence-corrected chi connectivity index (χ1v) is 10.1. The highest BCUT2D eigenvalue weighted by atomic mass is 35.5. The molecule has 1 aromatic carbocycles. The fraction of sp³-hybridized carbons (Fsp3) is 0.261. The van der Waals surface area contributed by atoms with E-state index in [-0.39, 0.29) is 0 Å². The highest BCUT2D eigenvalue weighted by Gasteiger charge is 2.14. The van der Waals surface area contributed by atoms with Crippen molar-refractivity contribution in [2.75, 3.05) is 0 Å². The molecule has 0 radical (unpaired) electrons. The highest BCUT2D eigenvalue weighted by molar-refractivity contribution is 6.30. The first-order chi connectivity index (χ1) is 14.0. The maximum Gasteiger partial charge on any atom is 0.160 e. The summed E-state index contributed by atoms with van der Waals surface area (Å²) >= 11 is 6.06. The second-order valence-corrected chi connectivity index (χ2v) is 7.75. The molecular weight excluding hydrogens is 382 g/mol. The molecule has 0 bridgehead atoms. The van der Waals surface area contributed by atoms with E-state index in [1.165, 1.54) is 0 Å². The van der Waals surface area contributed by atoms with Crippen molar-refractivity contribution < 1.29 is 0 Å². The molecule has 0 fully saturated rings. The third kappa shape index (κ3) is 3.64. The Kier molecular flexibility index (Phi) is 5.12. The van der Waals surface area contributed by atoms with Crippen LogP contribution in [0.3, 0.4) is 0 Å². The maximum atomic E-state index is 9.30. The molecular formula is C23H22ClN5. The largest absolute Gasteiger partial charge is 0.308 e. The third-order valence-electron chi connectivity index (χ3n) is 5.03. The van der Waals surface area contributed by atoms with Crippen LogP contribution in [0.1, 0.15) is 41.7 Å². The molecule has 4 rings (SSSR count). The number of aryl methyl sites for hydroxylation is 3. The summed E-state index contributed by atoms with van der Waals surface area (Å²) in [7, 11) is 0. The molecule has 0 aliphatic heterocycles. The lowest BCUT2D eigenvalue weighted by molar-refractivity contribution is 0.716. The Bertz CT molecular complexity index is 1230. The number of imidazole rings is 1. The molecule has 146 valence electrons. The molecule has 0 aliphatic carbocycles. The Labute approximate surface area is 175 Å². The predicted molar refractivity (Wildman–Crippen MR) is 116 cm³/mol. The van der Waals surface area contributed by atoms with Gasteiger partial charge in [-0.25, -0.2) is 9.97 Å². The SMILES string of the molecule is CCCc1nc2c(C)cc(C)nc2n1Cc1ccc(-n2cc(Cl)cc2C#N)cc1. The van der Waals surface area contributed by atoms with Gasteiger partial charge in [-0.15, -0.1) is 0 Å². The van der Waals surface area contributed by atoms with Crippen LogP contribution in [0.2, 0.25) is 5.02 Å². The molecule has 6 heteroatoms. The lowest BCUT2D eigenvalue weighted by Gasteiger charge is -2.10. The van der Waals surface area contributed by atoms with E-state index in [9.17, 15) is 5.26 Å². The number of hydrogen-bond acceptors (Lipinski definition) is 3. The summed E-state index contributed by atoms with van der Waals surface area (Å²) in [6.07, 6.45) is 3.71. The molecule has 3 heterocycles. The van der Waals surface area contributed by atoms with E-state index in [0.29, 0.717) is 17.3 Å². The van der Waals surface area contributed by atoms with Gasteiger partial charge in [-0.2, -0.15) is 5.26 Å². The van der Waals surface area contributed by atoms with Crippen LogP contribution in [-0.4, -0.2) is 19.1 Å². The highest BCUT2D eigenvalue weighted by Crippen LogP contribution is 2.23. The minimum atomic E-state index is 0.517. The standard InChI is InChI=1S/C23H22ClN5/c1-4-5-21-27-22-15(2)10-16(3)26-23(22)29(21)13-17-6-8-19(9-7-17)28-14-18(24)11-20(28)12-25/h6-11,14H,4-5,13H2,1-3H3. The monoisotopic (exact) mass is 403 g/mol. The number of rotatable bonds is 5. The predicted octanol–water partition coefficient (Wildman–Crippen LogP) is 5.36. The van der Waals surface area contributed by atoms with Crippen molar-refractivity contribution in [3.05, 3.63) is 76.0 Å². The van der Waals surface area contributed by atoms with Gasteiger partial charge in [0.05, 0.1) is 11.6 Å². The zero-order valence-electron chi connectivity index (χ0n) is 16.8. The fourth-order valence-electron chi connectivity index (χ4n) is 3.70. The van der Waals surface area contributed by atoms with E-state index in [0.717, 1.165) is 52.3 Å². The Balaban J connectivity index is 1.71. The molecule has 0 atom stereocenters. The summed E-state index contributed by atoms with van der Waals surface area (Å²) < 4.78 is 4.02. The molecule has 0 amide bonds. The molecule has 0 aliphatic rings. The summed E-state index contributed by atoms with van der Waals surface area (Å²) in [6, 6.07) is 14.1. The van der Waals surface area contributed by atoms with E-state index in [1.54, 1.807) is 16.8 Å². The van der Waals surface area contributed by atoms with Crippen molar-refractivity contribution in [1.29, 1.82) is 5.26 Å². The number of halogens is 1. The first-order valence-electron chi connectivity index (χ1n) is 9.70. The molecule has 4 aromatic rings. The van der Waals surface area contributed by atoms with Crippen LogP contribution in [0, 0.1) is 25.2 Å². The maximum absolute atomic E-state index is 9.30. The summed E-state index contributed by atoms with van der Waals surface area (Å²) in [4.78, 5) is 9.65. The van der Waals surface area contributed by atoms with E-state index < -0.39 is 0 Å². The average molecular weight is 404 g/mol. The van der Waals surface area contributed by atoms with E-state index in [1.807, 2.05) is 19.1 Å². The van der Waals surface area contributed by atoms with Crippen molar-refractivity contribution in [2.45, 2.75) is 40.2 Å². The molecule has 3 aromatic heterocycles. The molecule has 0 N–H and O–H groups in total. The van der Waals surface area contributed by atoms with Gasteiger partial charge in [0, 0.05) is 24.0 Å². The van der Waals surface area contributed by atoms with E-state index in [4.69, 9.17) is 21.6 Å². The molecule has 0 saturated carbocycles. The van der Waals surface area contributed by atoms with E-state index in [2.05, 4.69) is 42.7 Å². The van der Waals surface area contributed by atoms with Crippen LogP contribution in [0.15, 0.2) is 42.6 Å². The molecule has 29 heavy (non-hydrogen) atoms. The van der Waals surface area contributed by atoms with Crippen molar-refractivity contribution in [3.8, 4) is 11.8 Å². The zero-order valence-corrected chi connectivity index (χ0v) is 17.5. The van der Waals surface area contributed by atoms with Gasteiger partial charge in [-0.3, -0.25) is 0 Å². The zero-order chi connectivity index (χ0) is 20.5. The average Bonchev–Trinajstić information content (AvgIpc) is 3.24. The van der Waals surface area contributed by atoms with Gasteiger partial charge in [-0.05, 0) is 55.7 Å². The Morgan fingerprint density at radius 1 is 1.10 bits per heavy atom. The van der Waals surface area contributed by atoms with Crippen molar-refractivity contribution in [2.24, 2.45) is 0 Å². The third-order valence-corrected chi connectivity index (χ3v) is 5.24. The summed E-state index contributed by atoms with van der Waals surface area (Å²) in [5.41, 5.74) is 6.67. The Morgan fingerprint density at radius 3 is 2.55 bits per heavy atom. The summed E-state index contributed by atoms with van der Waals surface area (Å²) in [6.45, 7) is 6.99. The van der Waals surface area contributed by atoms with Gasteiger partial charge >= 0.3 is 0 Å².